The van der Waals surface area contributed by atoms with Gasteiger partial charge in [0.25, 0.3) is 0 Å². The van der Waals surface area contributed by atoms with E-state index in [1.165, 1.54) is 11.6 Å². The SMILES string of the molecule is CNC1(c2cccc(-c3ccc(Cl)cc3F)c2)CC1.Cl. The third-order valence-corrected chi connectivity index (χ3v) is 4.12. The van der Waals surface area contributed by atoms with Crippen LogP contribution in [0, 0.1) is 5.82 Å². The Kier molecular flexibility index (Phi) is 4.38. The number of halogens is 3. The third kappa shape index (κ3) is 2.69. The van der Waals surface area contributed by atoms with Gasteiger partial charge in [0, 0.05) is 16.1 Å². The Morgan fingerprint density at radius 1 is 1.15 bits per heavy atom. The van der Waals surface area contributed by atoms with Gasteiger partial charge in [0.2, 0.25) is 0 Å². The molecule has 2 aromatic carbocycles. The summed E-state index contributed by atoms with van der Waals surface area (Å²) in [6, 6.07) is 12.9. The molecule has 0 aliphatic heterocycles. The normalized spacial score (nSPS) is 15.6. The Morgan fingerprint density at radius 2 is 1.90 bits per heavy atom. The number of rotatable bonds is 3. The molecule has 0 aromatic heterocycles. The standard InChI is InChI=1S/C16H15ClFN.ClH/c1-19-16(7-8-16)12-4-2-3-11(9-12)14-6-5-13(17)10-15(14)18;/h2-6,9-10,19H,7-8H2,1H3;1H. The molecule has 1 saturated carbocycles. The molecule has 1 N–H and O–H groups in total. The van der Waals surface area contributed by atoms with Gasteiger partial charge in [0.05, 0.1) is 0 Å². The Bertz CT molecular complexity index is 624. The fraction of sp³-hybridized carbons (Fsp3) is 0.250. The van der Waals surface area contributed by atoms with E-state index >= 15 is 0 Å². The predicted octanol–water partition coefficient (Wildman–Crippen LogP) is 4.78. The lowest BCUT2D eigenvalue weighted by Gasteiger charge is -2.16. The highest BCUT2D eigenvalue weighted by Crippen LogP contribution is 2.45. The van der Waals surface area contributed by atoms with E-state index in [0.717, 1.165) is 18.4 Å². The molecule has 0 unspecified atom stereocenters. The minimum absolute atomic E-state index is 0. The van der Waals surface area contributed by atoms with Crippen LogP contribution in [0.4, 0.5) is 4.39 Å². The molecular weight excluding hydrogens is 296 g/mol. The molecule has 0 radical (unpaired) electrons. The first-order chi connectivity index (χ1) is 9.14. The average Bonchev–Trinajstić information content (AvgIpc) is 3.20. The highest BCUT2D eigenvalue weighted by Gasteiger charge is 2.42. The molecule has 0 bridgehead atoms. The molecule has 1 aliphatic carbocycles. The van der Waals surface area contributed by atoms with Gasteiger partial charge >= 0.3 is 0 Å². The van der Waals surface area contributed by atoms with Gasteiger partial charge in [-0.1, -0.05) is 29.8 Å². The first-order valence-electron chi connectivity index (χ1n) is 6.39. The van der Waals surface area contributed by atoms with E-state index in [1.54, 1.807) is 12.1 Å². The van der Waals surface area contributed by atoms with E-state index in [2.05, 4.69) is 17.4 Å². The molecule has 1 aliphatic rings. The molecule has 3 rings (SSSR count). The Balaban J connectivity index is 0.00000147. The van der Waals surface area contributed by atoms with Crippen molar-refractivity contribution < 1.29 is 4.39 Å². The van der Waals surface area contributed by atoms with Gasteiger partial charge in [0.15, 0.2) is 0 Å². The quantitative estimate of drug-likeness (QED) is 0.860. The first kappa shape index (κ1) is 15.3. The van der Waals surface area contributed by atoms with Crippen LogP contribution in [-0.2, 0) is 5.54 Å². The maximum atomic E-state index is 14.0. The summed E-state index contributed by atoms with van der Waals surface area (Å²) in [5.41, 5.74) is 2.81. The lowest BCUT2D eigenvalue weighted by atomic mass is 9.98. The second-order valence-electron chi connectivity index (χ2n) is 5.04. The summed E-state index contributed by atoms with van der Waals surface area (Å²) in [6.07, 6.45) is 2.27. The number of nitrogens with one attached hydrogen (secondary N) is 1. The van der Waals surface area contributed by atoms with Crippen molar-refractivity contribution in [2.45, 2.75) is 18.4 Å². The second kappa shape index (κ2) is 5.72. The van der Waals surface area contributed by atoms with Gasteiger partial charge in [-0.15, -0.1) is 12.4 Å². The minimum Gasteiger partial charge on any atom is -0.310 e. The summed E-state index contributed by atoms with van der Waals surface area (Å²) in [5, 5.41) is 3.78. The molecular formula is C16H16Cl2FN. The van der Waals surface area contributed by atoms with Crippen molar-refractivity contribution in [1.29, 1.82) is 0 Å². The molecule has 0 spiro atoms. The van der Waals surface area contributed by atoms with E-state index < -0.39 is 0 Å². The van der Waals surface area contributed by atoms with E-state index in [1.807, 2.05) is 19.2 Å². The van der Waals surface area contributed by atoms with Gasteiger partial charge in [-0.2, -0.15) is 0 Å². The van der Waals surface area contributed by atoms with Crippen molar-refractivity contribution in [2.24, 2.45) is 0 Å². The molecule has 106 valence electrons. The van der Waals surface area contributed by atoms with E-state index in [-0.39, 0.29) is 23.8 Å². The molecule has 4 heteroatoms. The molecule has 0 saturated heterocycles. The Hall–Kier alpha value is -1.09. The van der Waals surface area contributed by atoms with Crippen LogP contribution in [-0.4, -0.2) is 7.05 Å². The Labute approximate surface area is 129 Å². The zero-order valence-electron chi connectivity index (χ0n) is 11.1. The summed E-state index contributed by atoms with van der Waals surface area (Å²) in [4.78, 5) is 0. The fourth-order valence-electron chi connectivity index (χ4n) is 2.52. The van der Waals surface area contributed by atoms with Crippen molar-refractivity contribution in [1.82, 2.24) is 5.32 Å². The number of benzene rings is 2. The first-order valence-corrected chi connectivity index (χ1v) is 6.77. The topological polar surface area (TPSA) is 12.0 Å². The average molecular weight is 312 g/mol. The van der Waals surface area contributed by atoms with E-state index in [9.17, 15) is 4.39 Å². The summed E-state index contributed by atoms with van der Waals surface area (Å²) >= 11 is 5.79. The second-order valence-corrected chi connectivity index (χ2v) is 5.47. The van der Waals surface area contributed by atoms with E-state index in [4.69, 9.17) is 11.6 Å². The van der Waals surface area contributed by atoms with Crippen LogP contribution in [0.3, 0.4) is 0 Å². The van der Waals surface area contributed by atoms with Crippen LogP contribution in [0.2, 0.25) is 5.02 Å². The molecule has 0 amide bonds. The smallest absolute Gasteiger partial charge is 0.132 e. The maximum Gasteiger partial charge on any atom is 0.132 e. The van der Waals surface area contributed by atoms with Crippen LogP contribution in [0.25, 0.3) is 11.1 Å². The lowest BCUT2D eigenvalue weighted by Crippen LogP contribution is -2.24. The highest BCUT2D eigenvalue weighted by atomic mass is 35.5. The molecule has 1 nitrogen and oxygen atoms in total. The molecule has 0 heterocycles. The van der Waals surface area contributed by atoms with Gasteiger partial charge in [0.1, 0.15) is 5.82 Å². The largest absolute Gasteiger partial charge is 0.310 e. The van der Waals surface area contributed by atoms with Crippen LogP contribution in [0.5, 0.6) is 0 Å². The van der Waals surface area contributed by atoms with Crippen LogP contribution in [0.1, 0.15) is 18.4 Å². The molecule has 1 fully saturated rings. The van der Waals surface area contributed by atoms with Crippen LogP contribution >= 0.6 is 24.0 Å². The van der Waals surface area contributed by atoms with Crippen molar-refractivity contribution >= 4 is 24.0 Å². The predicted molar refractivity (Wildman–Crippen MR) is 84.1 cm³/mol. The fourth-order valence-corrected chi connectivity index (χ4v) is 2.67. The van der Waals surface area contributed by atoms with Gasteiger partial charge < -0.3 is 5.32 Å². The number of hydrogen-bond donors (Lipinski definition) is 1. The molecule has 2 aromatic rings. The van der Waals surface area contributed by atoms with Crippen LogP contribution < -0.4 is 5.32 Å². The van der Waals surface area contributed by atoms with Gasteiger partial charge in [-0.3, -0.25) is 0 Å². The highest BCUT2D eigenvalue weighted by molar-refractivity contribution is 6.30. The van der Waals surface area contributed by atoms with Crippen molar-refractivity contribution in [3.8, 4) is 11.1 Å². The van der Waals surface area contributed by atoms with Gasteiger partial charge in [-0.25, -0.2) is 4.39 Å². The third-order valence-electron chi connectivity index (χ3n) is 3.89. The zero-order chi connectivity index (χ0) is 13.5. The summed E-state index contributed by atoms with van der Waals surface area (Å²) < 4.78 is 14.0. The maximum absolute atomic E-state index is 14.0. The van der Waals surface area contributed by atoms with Crippen LogP contribution in [0.15, 0.2) is 42.5 Å². The minimum atomic E-state index is -0.279. The zero-order valence-corrected chi connectivity index (χ0v) is 12.7. The molecule has 20 heavy (non-hydrogen) atoms. The Morgan fingerprint density at radius 3 is 2.50 bits per heavy atom. The summed E-state index contributed by atoms with van der Waals surface area (Å²) in [7, 11) is 1.97. The van der Waals surface area contributed by atoms with E-state index in [0.29, 0.717) is 10.6 Å². The van der Waals surface area contributed by atoms with Crippen molar-refractivity contribution in [3.63, 3.8) is 0 Å². The summed E-state index contributed by atoms with van der Waals surface area (Å²) in [5.74, 6) is -0.279. The van der Waals surface area contributed by atoms with Crippen molar-refractivity contribution in [3.05, 3.63) is 58.9 Å². The van der Waals surface area contributed by atoms with Crippen molar-refractivity contribution in [2.75, 3.05) is 7.05 Å². The summed E-state index contributed by atoms with van der Waals surface area (Å²) in [6.45, 7) is 0. The lowest BCUT2D eigenvalue weighted by molar-refractivity contribution is 0.585. The number of hydrogen-bond acceptors (Lipinski definition) is 1. The monoisotopic (exact) mass is 311 g/mol. The molecule has 0 atom stereocenters. The van der Waals surface area contributed by atoms with Gasteiger partial charge in [-0.05, 0) is 55.3 Å².